The van der Waals surface area contributed by atoms with Crippen LogP contribution in [0.3, 0.4) is 0 Å². The van der Waals surface area contributed by atoms with Crippen LogP contribution < -0.4 is 4.74 Å². The van der Waals surface area contributed by atoms with Gasteiger partial charge in [0.15, 0.2) is 5.75 Å². The van der Waals surface area contributed by atoms with Gasteiger partial charge in [-0.3, -0.25) is 0 Å². The van der Waals surface area contributed by atoms with Gasteiger partial charge in [-0.25, -0.2) is 4.79 Å². The Balaban J connectivity index is 2.08. The molecule has 1 aliphatic rings. The Labute approximate surface area is 121 Å². The molecule has 0 atom stereocenters. The maximum absolute atomic E-state index is 11.9. The molecule has 2 rings (SSSR count). The molecular formula is C12H12Cl3NO2. The summed E-state index contributed by atoms with van der Waals surface area (Å²) in [5, 5.41) is 0.914. The van der Waals surface area contributed by atoms with E-state index in [2.05, 4.69) is 0 Å². The van der Waals surface area contributed by atoms with Gasteiger partial charge in [0.2, 0.25) is 0 Å². The number of ether oxygens (including phenoxy) is 1. The molecule has 1 fully saturated rings. The number of carbonyl (C=O) groups excluding carboxylic acids is 1. The Kier molecular flexibility index (Phi) is 4.60. The maximum atomic E-state index is 11.9. The van der Waals surface area contributed by atoms with Crippen LogP contribution in [0.5, 0.6) is 5.75 Å². The molecule has 0 aromatic heterocycles. The number of amides is 1. The molecule has 0 bridgehead atoms. The summed E-state index contributed by atoms with van der Waals surface area (Å²) in [6, 6.07) is 2.92. The molecule has 1 aliphatic heterocycles. The van der Waals surface area contributed by atoms with Crippen LogP contribution in [0.1, 0.15) is 19.3 Å². The number of piperidine rings is 1. The molecule has 0 N–H and O–H groups in total. The van der Waals surface area contributed by atoms with Crippen molar-refractivity contribution < 1.29 is 9.53 Å². The van der Waals surface area contributed by atoms with Crippen LogP contribution in [0.4, 0.5) is 4.79 Å². The fourth-order valence-corrected chi connectivity index (χ4v) is 2.39. The van der Waals surface area contributed by atoms with Crippen molar-refractivity contribution in [1.29, 1.82) is 0 Å². The van der Waals surface area contributed by atoms with Gasteiger partial charge in [-0.05, 0) is 25.3 Å². The molecule has 0 unspecified atom stereocenters. The van der Waals surface area contributed by atoms with E-state index < -0.39 is 6.09 Å². The van der Waals surface area contributed by atoms with Crippen molar-refractivity contribution in [2.75, 3.05) is 13.1 Å². The highest BCUT2D eigenvalue weighted by Crippen LogP contribution is 2.34. The molecule has 1 amide bonds. The number of carbonyl (C=O) groups is 1. The first-order valence-electron chi connectivity index (χ1n) is 5.69. The van der Waals surface area contributed by atoms with Gasteiger partial charge in [0.25, 0.3) is 0 Å². The average molecular weight is 309 g/mol. The van der Waals surface area contributed by atoms with Crippen molar-refractivity contribution in [3.63, 3.8) is 0 Å². The Morgan fingerprint density at radius 2 is 1.61 bits per heavy atom. The number of rotatable bonds is 1. The first kappa shape index (κ1) is 13.8. The summed E-state index contributed by atoms with van der Waals surface area (Å²) >= 11 is 17.6. The summed E-state index contributed by atoms with van der Waals surface area (Å²) in [5.74, 6) is 0.238. The predicted molar refractivity (Wildman–Crippen MR) is 72.9 cm³/mol. The predicted octanol–water partition coefficient (Wildman–Crippen LogP) is 4.63. The molecular weight excluding hydrogens is 296 g/mol. The molecule has 1 heterocycles. The van der Waals surface area contributed by atoms with E-state index >= 15 is 0 Å². The normalized spacial score (nSPS) is 15.6. The standard InChI is InChI=1S/C12H12Cl3NO2/c13-8-6-10(15)11(7-9(8)14)18-12(17)16-4-2-1-3-5-16/h6-7H,1-5H2. The van der Waals surface area contributed by atoms with Crippen LogP contribution in [-0.2, 0) is 0 Å². The summed E-state index contributed by atoms with van der Waals surface area (Å²) in [7, 11) is 0. The Bertz CT molecular complexity index is 459. The molecule has 6 heteroatoms. The second-order valence-electron chi connectivity index (χ2n) is 4.11. The van der Waals surface area contributed by atoms with Crippen molar-refractivity contribution >= 4 is 40.9 Å². The second-order valence-corrected chi connectivity index (χ2v) is 5.33. The van der Waals surface area contributed by atoms with Crippen molar-refractivity contribution in [1.82, 2.24) is 4.90 Å². The van der Waals surface area contributed by atoms with E-state index in [9.17, 15) is 4.79 Å². The number of benzene rings is 1. The van der Waals surface area contributed by atoms with Crippen molar-refractivity contribution in [3.05, 3.63) is 27.2 Å². The second kappa shape index (κ2) is 6.00. The van der Waals surface area contributed by atoms with Crippen LogP contribution in [0.15, 0.2) is 12.1 Å². The van der Waals surface area contributed by atoms with Crippen LogP contribution in [0.25, 0.3) is 0 Å². The van der Waals surface area contributed by atoms with Crippen LogP contribution >= 0.6 is 34.8 Å². The fourth-order valence-electron chi connectivity index (χ4n) is 1.82. The first-order valence-corrected chi connectivity index (χ1v) is 6.82. The first-order chi connectivity index (χ1) is 8.58. The Hall–Kier alpha value is -0.640. The summed E-state index contributed by atoms with van der Waals surface area (Å²) in [5.41, 5.74) is 0. The minimum atomic E-state index is -0.394. The fraction of sp³-hybridized carbons (Fsp3) is 0.417. The Morgan fingerprint density at radius 3 is 2.28 bits per heavy atom. The van der Waals surface area contributed by atoms with Gasteiger partial charge in [-0.1, -0.05) is 34.8 Å². The minimum Gasteiger partial charge on any atom is -0.409 e. The van der Waals surface area contributed by atoms with E-state index in [1.807, 2.05) is 0 Å². The lowest BCUT2D eigenvalue weighted by Gasteiger charge is -2.25. The summed E-state index contributed by atoms with van der Waals surface area (Å²) in [6.45, 7) is 1.44. The van der Waals surface area contributed by atoms with E-state index in [1.54, 1.807) is 4.90 Å². The third-order valence-corrected chi connectivity index (χ3v) is 3.80. The van der Waals surface area contributed by atoms with Crippen LogP contribution in [-0.4, -0.2) is 24.1 Å². The number of likely N-dealkylation sites (tertiary alicyclic amines) is 1. The van der Waals surface area contributed by atoms with Gasteiger partial charge in [0, 0.05) is 19.2 Å². The molecule has 1 saturated heterocycles. The lowest BCUT2D eigenvalue weighted by molar-refractivity contribution is 0.142. The SMILES string of the molecule is O=C(Oc1cc(Cl)c(Cl)cc1Cl)N1CCCCC1. The summed E-state index contributed by atoms with van der Waals surface area (Å²) in [4.78, 5) is 13.6. The molecule has 18 heavy (non-hydrogen) atoms. The Morgan fingerprint density at radius 1 is 1.00 bits per heavy atom. The average Bonchev–Trinajstić information content (AvgIpc) is 2.37. The molecule has 0 radical (unpaired) electrons. The number of nitrogens with zero attached hydrogens (tertiary/aromatic N) is 1. The van der Waals surface area contributed by atoms with Crippen molar-refractivity contribution in [2.24, 2.45) is 0 Å². The minimum absolute atomic E-state index is 0.238. The van der Waals surface area contributed by atoms with Crippen molar-refractivity contribution in [3.8, 4) is 5.75 Å². The van der Waals surface area contributed by atoms with Crippen LogP contribution in [0, 0.1) is 0 Å². The number of halogens is 3. The van der Waals surface area contributed by atoms with E-state index in [0.717, 1.165) is 32.4 Å². The van der Waals surface area contributed by atoms with E-state index in [-0.39, 0.29) is 10.8 Å². The zero-order valence-corrected chi connectivity index (χ0v) is 11.9. The summed E-state index contributed by atoms with van der Waals surface area (Å²) in [6.07, 6.45) is 2.76. The molecule has 0 spiro atoms. The molecule has 1 aromatic carbocycles. The van der Waals surface area contributed by atoms with Gasteiger partial charge in [0.05, 0.1) is 15.1 Å². The quantitative estimate of drug-likeness (QED) is 0.708. The van der Waals surface area contributed by atoms with E-state index in [1.165, 1.54) is 12.1 Å². The maximum Gasteiger partial charge on any atom is 0.415 e. The van der Waals surface area contributed by atoms with Gasteiger partial charge in [-0.15, -0.1) is 0 Å². The molecule has 0 saturated carbocycles. The molecule has 3 nitrogen and oxygen atoms in total. The highest BCUT2D eigenvalue weighted by Gasteiger charge is 2.19. The van der Waals surface area contributed by atoms with Gasteiger partial charge >= 0.3 is 6.09 Å². The number of hydrogen-bond donors (Lipinski definition) is 0. The third-order valence-electron chi connectivity index (χ3n) is 2.79. The monoisotopic (exact) mass is 307 g/mol. The highest BCUT2D eigenvalue weighted by atomic mass is 35.5. The smallest absolute Gasteiger partial charge is 0.409 e. The van der Waals surface area contributed by atoms with Crippen LogP contribution in [0.2, 0.25) is 15.1 Å². The van der Waals surface area contributed by atoms with Gasteiger partial charge in [0.1, 0.15) is 0 Å². The zero-order valence-electron chi connectivity index (χ0n) is 9.59. The lowest BCUT2D eigenvalue weighted by Crippen LogP contribution is -2.37. The van der Waals surface area contributed by atoms with E-state index in [4.69, 9.17) is 39.5 Å². The topological polar surface area (TPSA) is 29.5 Å². The van der Waals surface area contributed by atoms with Gasteiger partial charge < -0.3 is 9.64 Å². The zero-order chi connectivity index (χ0) is 13.1. The molecule has 1 aromatic rings. The summed E-state index contributed by atoms with van der Waals surface area (Å²) < 4.78 is 5.23. The molecule has 0 aliphatic carbocycles. The van der Waals surface area contributed by atoms with Gasteiger partial charge in [-0.2, -0.15) is 0 Å². The third kappa shape index (κ3) is 3.22. The number of hydrogen-bond acceptors (Lipinski definition) is 2. The lowest BCUT2D eigenvalue weighted by atomic mass is 10.1. The highest BCUT2D eigenvalue weighted by molar-refractivity contribution is 6.43. The van der Waals surface area contributed by atoms with Crippen molar-refractivity contribution in [2.45, 2.75) is 19.3 Å². The molecule has 98 valence electrons. The largest absolute Gasteiger partial charge is 0.415 e. The van der Waals surface area contributed by atoms with E-state index in [0.29, 0.717) is 10.0 Å².